The van der Waals surface area contributed by atoms with Crippen LogP contribution in [0, 0.1) is 0 Å². The summed E-state index contributed by atoms with van der Waals surface area (Å²) in [5, 5.41) is 2.92. The zero-order chi connectivity index (χ0) is 14.1. The molecule has 4 nitrogen and oxygen atoms in total. The Bertz CT molecular complexity index is 448. The first-order chi connectivity index (χ1) is 8.06. The Morgan fingerprint density at radius 2 is 1.83 bits per heavy atom. The number of nitrogens with zero attached hydrogens (tertiary/aromatic N) is 2. The highest BCUT2D eigenvalue weighted by molar-refractivity contribution is 5.80. The second kappa shape index (κ2) is 4.50. The third-order valence-electron chi connectivity index (χ3n) is 1.79. The molecule has 0 aromatic carbocycles. The molecular weight excluding hydrogens is 270 g/mol. The van der Waals surface area contributed by atoms with Crippen LogP contribution in [-0.2, 0) is 13.2 Å². The number of aldehydes is 1. The van der Waals surface area contributed by atoms with Crippen molar-refractivity contribution < 1.29 is 35.9 Å². The average Bonchev–Trinajstić information content (AvgIpc) is 2.50. The van der Waals surface area contributed by atoms with E-state index in [1.54, 1.807) is 0 Å². The molecule has 0 radical (unpaired) electrons. The van der Waals surface area contributed by atoms with E-state index in [-0.39, 0.29) is 6.29 Å². The lowest BCUT2D eigenvalue weighted by Crippen LogP contribution is -2.20. The summed E-state index contributed by atoms with van der Waals surface area (Å²) in [7, 11) is 0.938. The third kappa shape index (κ3) is 3.14. The van der Waals surface area contributed by atoms with E-state index in [2.05, 4.69) is 9.84 Å². The van der Waals surface area contributed by atoms with Crippen LogP contribution in [0.2, 0.25) is 0 Å². The van der Waals surface area contributed by atoms with E-state index in [1.165, 1.54) is 0 Å². The molecule has 1 aromatic heterocycles. The first-order valence-corrected chi connectivity index (χ1v) is 4.35. The van der Waals surface area contributed by atoms with Crippen molar-refractivity contribution in [1.29, 1.82) is 0 Å². The molecule has 102 valence electrons. The Labute approximate surface area is 96.1 Å². The molecule has 18 heavy (non-hydrogen) atoms. The Balaban J connectivity index is 3.13. The predicted molar refractivity (Wildman–Crippen MR) is 45.1 cm³/mol. The van der Waals surface area contributed by atoms with Gasteiger partial charge in [0.15, 0.2) is 18.6 Å². The highest BCUT2D eigenvalue weighted by Gasteiger charge is 2.40. The molecule has 0 fully saturated rings. The van der Waals surface area contributed by atoms with Crippen molar-refractivity contribution in [2.75, 3.05) is 6.61 Å². The van der Waals surface area contributed by atoms with Crippen LogP contribution < -0.4 is 4.74 Å². The number of halogens is 6. The van der Waals surface area contributed by atoms with Crippen molar-refractivity contribution in [3.8, 4) is 5.88 Å². The van der Waals surface area contributed by atoms with Crippen LogP contribution in [-0.4, -0.2) is 28.8 Å². The number of hydrogen-bond donors (Lipinski definition) is 0. The summed E-state index contributed by atoms with van der Waals surface area (Å²) in [5.41, 5.74) is -2.65. The Morgan fingerprint density at radius 1 is 1.28 bits per heavy atom. The molecule has 1 rings (SSSR count). The van der Waals surface area contributed by atoms with Crippen LogP contribution in [0.4, 0.5) is 26.3 Å². The van der Waals surface area contributed by atoms with Crippen molar-refractivity contribution in [2.45, 2.75) is 12.4 Å². The van der Waals surface area contributed by atoms with Gasteiger partial charge in [-0.15, -0.1) is 0 Å². The van der Waals surface area contributed by atoms with Crippen molar-refractivity contribution >= 4 is 6.29 Å². The number of rotatable bonds is 3. The lowest BCUT2D eigenvalue weighted by Gasteiger charge is -2.09. The van der Waals surface area contributed by atoms with Gasteiger partial charge in [0.25, 0.3) is 0 Å². The fourth-order valence-electron chi connectivity index (χ4n) is 1.16. The highest BCUT2D eigenvalue weighted by atomic mass is 19.4. The lowest BCUT2D eigenvalue weighted by atomic mass is 10.2. The van der Waals surface area contributed by atoms with Gasteiger partial charge in [0.05, 0.1) is 0 Å². The summed E-state index contributed by atoms with van der Waals surface area (Å²) in [6, 6.07) is 0. The van der Waals surface area contributed by atoms with Crippen LogP contribution in [0.1, 0.15) is 16.1 Å². The summed E-state index contributed by atoms with van der Waals surface area (Å²) in [5.74, 6) is -0.880. The van der Waals surface area contributed by atoms with Gasteiger partial charge in [0, 0.05) is 7.05 Å². The maximum absolute atomic E-state index is 12.4. The molecule has 0 atom stereocenters. The second-order valence-corrected chi connectivity index (χ2v) is 3.21. The van der Waals surface area contributed by atoms with Gasteiger partial charge in [-0.2, -0.15) is 31.4 Å². The van der Waals surface area contributed by atoms with E-state index >= 15 is 0 Å². The third-order valence-corrected chi connectivity index (χ3v) is 1.79. The van der Waals surface area contributed by atoms with Crippen molar-refractivity contribution in [1.82, 2.24) is 9.78 Å². The van der Waals surface area contributed by atoms with E-state index in [4.69, 9.17) is 0 Å². The van der Waals surface area contributed by atoms with E-state index in [0.717, 1.165) is 7.05 Å². The summed E-state index contributed by atoms with van der Waals surface area (Å²) in [6.45, 7) is -1.81. The number of carbonyl (C=O) groups excluding carboxylic acids is 1. The summed E-state index contributed by atoms with van der Waals surface area (Å²) in [4.78, 5) is 10.5. The monoisotopic (exact) mass is 276 g/mol. The molecule has 0 saturated carbocycles. The number of alkyl halides is 6. The number of aryl methyl sites for hydroxylation is 1. The highest BCUT2D eigenvalue weighted by Crippen LogP contribution is 2.34. The van der Waals surface area contributed by atoms with E-state index in [9.17, 15) is 31.1 Å². The number of hydrogen-bond acceptors (Lipinski definition) is 3. The van der Waals surface area contributed by atoms with Gasteiger partial charge in [0.1, 0.15) is 5.56 Å². The van der Waals surface area contributed by atoms with Crippen molar-refractivity contribution in [3.05, 3.63) is 11.3 Å². The van der Waals surface area contributed by atoms with Gasteiger partial charge in [-0.3, -0.25) is 4.79 Å². The van der Waals surface area contributed by atoms with Crippen LogP contribution in [0.3, 0.4) is 0 Å². The van der Waals surface area contributed by atoms with E-state index in [1.807, 2.05) is 0 Å². The van der Waals surface area contributed by atoms with Crippen LogP contribution in [0.15, 0.2) is 0 Å². The van der Waals surface area contributed by atoms with E-state index < -0.39 is 36.1 Å². The molecule has 0 aliphatic rings. The predicted octanol–water partition coefficient (Wildman–Crippen LogP) is 2.19. The molecule has 0 saturated heterocycles. The molecule has 0 aliphatic carbocycles. The van der Waals surface area contributed by atoms with Crippen LogP contribution in [0.25, 0.3) is 0 Å². The molecule has 10 heteroatoms. The van der Waals surface area contributed by atoms with Gasteiger partial charge in [-0.1, -0.05) is 0 Å². The molecule has 1 heterocycles. The van der Waals surface area contributed by atoms with Crippen LogP contribution >= 0.6 is 0 Å². The first-order valence-electron chi connectivity index (χ1n) is 4.35. The summed E-state index contributed by atoms with van der Waals surface area (Å²) in [6.07, 6.45) is -9.93. The molecule has 0 amide bonds. The molecule has 0 aliphatic heterocycles. The lowest BCUT2D eigenvalue weighted by molar-refractivity contribution is -0.154. The van der Waals surface area contributed by atoms with Gasteiger partial charge >= 0.3 is 12.4 Å². The normalized spacial score (nSPS) is 12.6. The Hall–Kier alpha value is -1.74. The average molecular weight is 276 g/mol. The number of ether oxygens (including phenoxy) is 1. The SMILES string of the molecule is Cn1nc(C(F)(F)F)c(C=O)c1OCC(F)(F)F. The molecule has 0 bridgehead atoms. The smallest absolute Gasteiger partial charge is 0.436 e. The molecule has 0 N–H and O–H groups in total. The zero-order valence-corrected chi connectivity index (χ0v) is 8.76. The van der Waals surface area contributed by atoms with Gasteiger partial charge in [-0.25, -0.2) is 4.68 Å². The van der Waals surface area contributed by atoms with Crippen LogP contribution in [0.5, 0.6) is 5.88 Å². The summed E-state index contributed by atoms with van der Waals surface area (Å²) < 4.78 is 77.4. The van der Waals surface area contributed by atoms with Gasteiger partial charge in [-0.05, 0) is 0 Å². The second-order valence-electron chi connectivity index (χ2n) is 3.21. The Morgan fingerprint density at radius 3 is 2.22 bits per heavy atom. The van der Waals surface area contributed by atoms with E-state index in [0.29, 0.717) is 4.68 Å². The Kier molecular flexibility index (Phi) is 3.58. The number of carbonyl (C=O) groups is 1. The molecule has 1 aromatic rings. The molecule has 0 unspecified atom stereocenters. The molecule has 0 spiro atoms. The maximum atomic E-state index is 12.4. The standard InChI is InChI=1S/C8H6F6N2O2/c1-16-6(18-3-7(9,10)11)4(2-17)5(15-16)8(12,13)14/h2H,3H2,1H3. The first kappa shape index (κ1) is 14.3. The largest absolute Gasteiger partial charge is 0.468 e. The quantitative estimate of drug-likeness (QED) is 0.628. The van der Waals surface area contributed by atoms with Crippen molar-refractivity contribution in [2.24, 2.45) is 7.05 Å². The minimum atomic E-state index is -4.95. The maximum Gasteiger partial charge on any atom is 0.436 e. The minimum Gasteiger partial charge on any atom is -0.468 e. The van der Waals surface area contributed by atoms with Crippen molar-refractivity contribution in [3.63, 3.8) is 0 Å². The number of aromatic nitrogens is 2. The molecular formula is C8H6F6N2O2. The minimum absolute atomic E-state index is 0.248. The fraction of sp³-hybridized carbons (Fsp3) is 0.500. The topological polar surface area (TPSA) is 44.1 Å². The zero-order valence-electron chi connectivity index (χ0n) is 8.76. The fourth-order valence-corrected chi connectivity index (χ4v) is 1.16. The van der Waals surface area contributed by atoms with Gasteiger partial charge in [0.2, 0.25) is 5.88 Å². The summed E-state index contributed by atoms with van der Waals surface area (Å²) >= 11 is 0. The van der Waals surface area contributed by atoms with Gasteiger partial charge < -0.3 is 4.74 Å².